The fourth-order valence-corrected chi connectivity index (χ4v) is 1.65. The lowest BCUT2D eigenvalue weighted by atomic mass is 9.96. The van der Waals surface area contributed by atoms with Gasteiger partial charge in [-0.05, 0) is 29.0 Å². The molecule has 0 atom stereocenters. The van der Waals surface area contributed by atoms with Crippen molar-refractivity contribution in [1.82, 2.24) is 0 Å². The van der Waals surface area contributed by atoms with Crippen LogP contribution in [0.25, 0.3) is 0 Å². The van der Waals surface area contributed by atoms with Crippen LogP contribution in [0.2, 0.25) is 0 Å². The number of aliphatic carboxylic acids is 1. The molecule has 0 amide bonds. The molecule has 0 saturated heterocycles. The predicted octanol–water partition coefficient (Wildman–Crippen LogP) is 3.40. The summed E-state index contributed by atoms with van der Waals surface area (Å²) in [6, 6.07) is 6.05. The third kappa shape index (κ3) is 3.77. The number of carboxylic acids is 1. The van der Waals surface area contributed by atoms with E-state index in [1.807, 2.05) is 12.1 Å². The second kappa shape index (κ2) is 5.71. The minimum Gasteiger partial charge on any atom is -0.482 e. The summed E-state index contributed by atoms with van der Waals surface area (Å²) in [6.45, 7) is 8.05. The van der Waals surface area contributed by atoms with Crippen LogP contribution in [0.15, 0.2) is 18.2 Å². The Morgan fingerprint density at radius 2 is 1.88 bits per heavy atom. The normalized spacial score (nSPS) is 10.9. The zero-order chi connectivity index (χ0) is 13.0. The lowest BCUT2D eigenvalue weighted by Gasteiger charge is -2.15. The lowest BCUT2D eigenvalue weighted by Crippen LogP contribution is -2.11. The maximum atomic E-state index is 10.5. The Morgan fingerprint density at radius 3 is 2.35 bits per heavy atom. The van der Waals surface area contributed by atoms with E-state index in [0.29, 0.717) is 17.6 Å². The summed E-state index contributed by atoms with van der Waals surface area (Å²) < 4.78 is 5.35. The van der Waals surface area contributed by atoms with Gasteiger partial charge in [0.15, 0.2) is 6.61 Å². The second-order valence-corrected chi connectivity index (χ2v) is 4.79. The van der Waals surface area contributed by atoms with Crippen LogP contribution in [-0.4, -0.2) is 17.7 Å². The first-order chi connectivity index (χ1) is 7.91. The molecule has 1 rings (SSSR count). The van der Waals surface area contributed by atoms with E-state index in [1.165, 1.54) is 0 Å². The molecule has 0 radical (unpaired) electrons. The van der Waals surface area contributed by atoms with Crippen molar-refractivity contribution in [2.45, 2.75) is 39.5 Å². The van der Waals surface area contributed by atoms with Crippen LogP contribution in [0.3, 0.4) is 0 Å². The van der Waals surface area contributed by atoms with Gasteiger partial charge in [-0.3, -0.25) is 0 Å². The van der Waals surface area contributed by atoms with Crippen molar-refractivity contribution in [2.24, 2.45) is 0 Å². The Morgan fingerprint density at radius 1 is 1.24 bits per heavy atom. The van der Waals surface area contributed by atoms with Gasteiger partial charge < -0.3 is 9.84 Å². The Kier molecular flexibility index (Phi) is 4.55. The van der Waals surface area contributed by atoms with Crippen molar-refractivity contribution < 1.29 is 14.6 Å². The summed E-state index contributed by atoms with van der Waals surface area (Å²) >= 11 is 0. The van der Waals surface area contributed by atoms with Gasteiger partial charge in [0, 0.05) is 0 Å². The van der Waals surface area contributed by atoms with Gasteiger partial charge in [0.1, 0.15) is 5.75 Å². The lowest BCUT2D eigenvalue weighted by molar-refractivity contribution is -0.139. The van der Waals surface area contributed by atoms with Crippen LogP contribution in [0.5, 0.6) is 5.75 Å². The molecule has 0 aliphatic heterocycles. The average molecular weight is 236 g/mol. The Balaban J connectivity index is 3.02. The Bertz CT molecular complexity index is 394. The largest absolute Gasteiger partial charge is 0.482 e. The number of carboxylic acid groups (broad SMARTS) is 1. The zero-order valence-corrected chi connectivity index (χ0v) is 10.9. The van der Waals surface area contributed by atoms with Crippen LogP contribution in [0, 0.1) is 0 Å². The fraction of sp³-hybridized carbons (Fsp3) is 0.500. The number of hydrogen-bond acceptors (Lipinski definition) is 2. The van der Waals surface area contributed by atoms with Crippen molar-refractivity contribution >= 4 is 5.97 Å². The van der Waals surface area contributed by atoms with E-state index >= 15 is 0 Å². The third-order valence-electron chi connectivity index (χ3n) is 2.68. The molecule has 1 N–H and O–H groups in total. The molecule has 3 heteroatoms. The van der Waals surface area contributed by atoms with E-state index in [0.717, 1.165) is 11.1 Å². The molecule has 3 nitrogen and oxygen atoms in total. The van der Waals surface area contributed by atoms with E-state index in [4.69, 9.17) is 9.84 Å². The minimum absolute atomic E-state index is 0.290. The predicted molar refractivity (Wildman–Crippen MR) is 67.8 cm³/mol. The molecule has 17 heavy (non-hydrogen) atoms. The second-order valence-electron chi connectivity index (χ2n) is 4.79. The first-order valence-corrected chi connectivity index (χ1v) is 5.90. The highest BCUT2D eigenvalue weighted by Gasteiger charge is 2.11. The van der Waals surface area contributed by atoms with Gasteiger partial charge in [0.25, 0.3) is 0 Å². The average Bonchev–Trinajstić information content (AvgIpc) is 2.25. The molecule has 1 aromatic carbocycles. The number of rotatable bonds is 5. The number of hydrogen-bond donors (Lipinski definition) is 1. The van der Waals surface area contributed by atoms with E-state index in [9.17, 15) is 4.79 Å². The maximum absolute atomic E-state index is 10.5. The Hall–Kier alpha value is -1.51. The first-order valence-electron chi connectivity index (χ1n) is 5.90. The quantitative estimate of drug-likeness (QED) is 0.852. The summed E-state index contributed by atoms with van der Waals surface area (Å²) in [4.78, 5) is 10.5. The highest BCUT2D eigenvalue weighted by atomic mass is 16.5. The monoisotopic (exact) mass is 236 g/mol. The minimum atomic E-state index is -0.949. The molecular weight excluding hydrogens is 216 g/mol. The van der Waals surface area contributed by atoms with E-state index in [-0.39, 0.29) is 6.61 Å². The molecule has 0 aliphatic rings. The standard InChI is InChI=1S/C14H20O3/c1-9(2)11-5-6-12(10(3)4)13(7-11)17-8-14(15)16/h5-7,9-10H,8H2,1-4H3,(H,15,16). The zero-order valence-electron chi connectivity index (χ0n) is 10.9. The topological polar surface area (TPSA) is 46.5 Å². The first kappa shape index (κ1) is 13.6. The van der Waals surface area contributed by atoms with E-state index in [1.54, 1.807) is 0 Å². The molecule has 0 bridgehead atoms. The highest BCUT2D eigenvalue weighted by molar-refractivity contribution is 5.68. The molecule has 94 valence electrons. The van der Waals surface area contributed by atoms with E-state index in [2.05, 4.69) is 33.8 Å². The van der Waals surface area contributed by atoms with Gasteiger partial charge in [-0.25, -0.2) is 4.79 Å². The summed E-state index contributed by atoms with van der Waals surface area (Å²) in [5.74, 6) is 0.464. The fourth-order valence-electron chi connectivity index (χ4n) is 1.65. The van der Waals surface area contributed by atoms with Gasteiger partial charge in [-0.2, -0.15) is 0 Å². The maximum Gasteiger partial charge on any atom is 0.341 e. The summed E-state index contributed by atoms with van der Waals surface area (Å²) in [5.41, 5.74) is 2.21. The van der Waals surface area contributed by atoms with Gasteiger partial charge in [-0.15, -0.1) is 0 Å². The number of ether oxygens (including phenoxy) is 1. The molecule has 0 unspecified atom stereocenters. The summed E-state index contributed by atoms with van der Waals surface area (Å²) in [7, 11) is 0. The van der Waals surface area contributed by atoms with Crippen LogP contribution in [0.4, 0.5) is 0 Å². The Labute approximate surface area is 102 Å². The molecule has 0 aliphatic carbocycles. The van der Waals surface area contributed by atoms with Crippen molar-refractivity contribution in [3.05, 3.63) is 29.3 Å². The van der Waals surface area contributed by atoms with Crippen LogP contribution >= 0.6 is 0 Å². The third-order valence-corrected chi connectivity index (χ3v) is 2.68. The molecule has 0 aromatic heterocycles. The van der Waals surface area contributed by atoms with Crippen molar-refractivity contribution in [3.63, 3.8) is 0 Å². The van der Waals surface area contributed by atoms with E-state index < -0.39 is 5.97 Å². The smallest absolute Gasteiger partial charge is 0.341 e. The highest BCUT2D eigenvalue weighted by Crippen LogP contribution is 2.30. The van der Waals surface area contributed by atoms with Crippen LogP contribution in [-0.2, 0) is 4.79 Å². The van der Waals surface area contributed by atoms with Gasteiger partial charge >= 0.3 is 5.97 Å². The SMILES string of the molecule is CC(C)c1ccc(C(C)C)c(OCC(=O)O)c1. The molecule has 0 spiro atoms. The summed E-state index contributed by atoms with van der Waals surface area (Å²) in [6.07, 6.45) is 0. The van der Waals surface area contributed by atoms with Crippen molar-refractivity contribution in [1.29, 1.82) is 0 Å². The van der Waals surface area contributed by atoms with Crippen molar-refractivity contribution in [3.8, 4) is 5.75 Å². The molecule has 0 saturated carbocycles. The summed E-state index contributed by atoms with van der Waals surface area (Å²) in [5, 5.41) is 8.66. The van der Waals surface area contributed by atoms with Crippen LogP contribution in [0.1, 0.15) is 50.7 Å². The van der Waals surface area contributed by atoms with Gasteiger partial charge in [0.2, 0.25) is 0 Å². The van der Waals surface area contributed by atoms with Crippen molar-refractivity contribution in [2.75, 3.05) is 6.61 Å². The van der Waals surface area contributed by atoms with Gasteiger partial charge in [-0.1, -0.05) is 39.8 Å². The molecule has 0 heterocycles. The number of benzene rings is 1. The molecular formula is C14H20O3. The molecule has 0 fully saturated rings. The van der Waals surface area contributed by atoms with Gasteiger partial charge in [0.05, 0.1) is 0 Å². The van der Waals surface area contributed by atoms with Crippen LogP contribution < -0.4 is 4.74 Å². The number of carbonyl (C=O) groups is 1. The molecule has 1 aromatic rings.